The van der Waals surface area contributed by atoms with Crippen molar-refractivity contribution in [2.75, 3.05) is 62.6 Å². The van der Waals surface area contributed by atoms with Crippen LogP contribution in [0.15, 0.2) is 60.9 Å². The number of hydrogen-bond donors (Lipinski definition) is 3. The molecule has 0 bridgehead atoms. The molecule has 0 unspecified atom stereocenters. The molecule has 1 aromatic heterocycles. The van der Waals surface area contributed by atoms with E-state index in [0.29, 0.717) is 49.7 Å². The highest BCUT2D eigenvalue weighted by Gasteiger charge is 2.45. The number of aliphatic hydroxyl groups is 1. The number of carbonyl (C=O) groups excluding carboxylic acids is 2. The van der Waals surface area contributed by atoms with Crippen molar-refractivity contribution in [1.82, 2.24) is 19.8 Å². The number of anilines is 2. The smallest absolute Gasteiger partial charge is 0.236 e. The molecule has 2 saturated heterocycles. The molecule has 3 N–H and O–H groups in total. The highest BCUT2D eigenvalue weighted by Crippen LogP contribution is 2.32. The first kappa shape index (κ1) is 26.6. The molecule has 3 aromatic rings. The van der Waals surface area contributed by atoms with Crippen molar-refractivity contribution in [3.8, 4) is 17.1 Å². The molecule has 2 aromatic carbocycles. The van der Waals surface area contributed by atoms with Crippen molar-refractivity contribution in [3.05, 3.63) is 66.5 Å². The van der Waals surface area contributed by atoms with E-state index in [1.165, 1.54) is 6.07 Å². The minimum Gasteiger partial charge on any atom is -0.508 e. The standard InChI is InChI=1S/C29H34N6O4/c1-21-17-23(5-8-25(21)37)32-28(39)29(20-36)9-12-33(19-29)18-26(38)35-15-13-34(14-16-35)24-6-3-22(4-7-24)27-30-10-2-11-31-27/h2-8,10-11,17,36-37H,9,12-16,18-20H2,1H3,(H,32,39)/t29-/m0/s1. The van der Waals surface area contributed by atoms with Gasteiger partial charge >= 0.3 is 0 Å². The second-order valence-corrected chi connectivity index (χ2v) is 10.3. The van der Waals surface area contributed by atoms with Crippen LogP contribution >= 0.6 is 0 Å². The predicted molar refractivity (Wildman–Crippen MR) is 148 cm³/mol. The summed E-state index contributed by atoms with van der Waals surface area (Å²) in [6, 6.07) is 14.8. The Morgan fingerprint density at radius 1 is 1.00 bits per heavy atom. The number of aromatic hydroxyl groups is 1. The van der Waals surface area contributed by atoms with E-state index in [1.54, 1.807) is 37.5 Å². The Labute approximate surface area is 227 Å². The van der Waals surface area contributed by atoms with Gasteiger partial charge in [-0.3, -0.25) is 14.5 Å². The maximum absolute atomic E-state index is 13.1. The quantitative estimate of drug-likeness (QED) is 0.397. The zero-order valence-electron chi connectivity index (χ0n) is 22.1. The Bertz CT molecular complexity index is 1310. The van der Waals surface area contributed by atoms with Crippen LogP contribution in [0.4, 0.5) is 11.4 Å². The summed E-state index contributed by atoms with van der Waals surface area (Å²) in [7, 11) is 0. The minimum absolute atomic E-state index is 0.0366. The summed E-state index contributed by atoms with van der Waals surface area (Å²) < 4.78 is 0. The SMILES string of the molecule is Cc1cc(NC(=O)[C@@]2(CO)CCN(CC(=O)N3CCN(c4ccc(-c5ncccn5)cc4)CC3)C2)ccc1O. The molecule has 0 radical (unpaired) electrons. The Kier molecular flexibility index (Phi) is 7.76. The van der Waals surface area contributed by atoms with Gasteiger partial charge in [-0.2, -0.15) is 0 Å². The highest BCUT2D eigenvalue weighted by molar-refractivity contribution is 5.96. The number of aliphatic hydroxyl groups excluding tert-OH is 1. The van der Waals surface area contributed by atoms with Crippen LogP contribution in [0.2, 0.25) is 0 Å². The van der Waals surface area contributed by atoms with E-state index in [-0.39, 0.29) is 30.7 Å². The summed E-state index contributed by atoms with van der Waals surface area (Å²) in [5.41, 5.74) is 2.32. The third-order valence-corrected chi connectivity index (χ3v) is 7.72. The van der Waals surface area contributed by atoms with Crippen LogP contribution in [0, 0.1) is 12.3 Å². The summed E-state index contributed by atoms with van der Waals surface area (Å²) in [5, 5.41) is 22.7. The van der Waals surface area contributed by atoms with Crippen molar-refractivity contribution in [1.29, 1.82) is 0 Å². The Balaban J connectivity index is 1.12. The van der Waals surface area contributed by atoms with Gasteiger partial charge in [0.2, 0.25) is 11.8 Å². The monoisotopic (exact) mass is 530 g/mol. The zero-order chi connectivity index (χ0) is 27.4. The number of rotatable bonds is 7. The van der Waals surface area contributed by atoms with Gasteiger partial charge in [-0.25, -0.2) is 9.97 Å². The third-order valence-electron chi connectivity index (χ3n) is 7.72. The fourth-order valence-corrected chi connectivity index (χ4v) is 5.25. The van der Waals surface area contributed by atoms with Gasteiger partial charge in [0, 0.05) is 62.1 Å². The predicted octanol–water partition coefficient (Wildman–Crippen LogP) is 2.13. The normalized spacial score (nSPS) is 19.7. The molecule has 2 aliphatic rings. The number of aryl methyl sites for hydroxylation is 1. The molecular formula is C29H34N6O4. The second-order valence-electron chi connectivity index (χ2n) is 10.3. The Morgan fingerprint density at radius 3 is 2.38 bits per heavy atom. The number of phenolic OH excluding ortho intramolecular Hbond substituents is 1. The van der Waals surface area contributed by atoms with Gasteiger partial charge in [-0.1, -0.05) is 0 Å². The van der Waals surface area contributed by atoms with Gasteiger partial charge in [0.05, 0.1) is 18.6 Å². The molecule has 204 valence electrons. The first-order valence-corrected chi connectivity index (χ1v) is 13.2. The van der Waals surface area contributed by atoms with E-state index < -0.39 is 5.41 Å². The van der Waals surface area contributed by atoms with Gasteiger partial charge in [-0.15, -0.1) is 0 Å². The number of benzene rings is 2. The van der Waals surface area contributed by atoms with E-state index in [1.807, 2.05) is 21.9 Å². The fraction of sp³-hybridized carbons (Fsp3) is 0.379. The van der Waals surface area contributed by atoms with Crippen molar-refractivity contribution in [3.63, 3.8) is 0 Å². The topological polar surface area (TPSA) is 122 Å². The van der Waals surface area contributed by atoms with Crippen molar-refractivity contribution >= 4 is 23.2 Å². The van der Waals surface area contributed by atoms with E-state index in [4.69, 9.17) is 0 Å². The summed E-state index contributed by atoms with van der Waals surface area (Å²) in [6.45, 7) is 5.29. The minimum atomic E-state index is -0.971. The average molecular weight is 531 g/mol. The lowest BCUT2D eigenvalue weighted by molar-refractivity contribution is -0.133. The van der Waals surface area contributed by atoms with Gasteiger partial charge in [-0.05, 0) is 74.0 Å². The number of likely N-dealkylation sites (tertiary alicyclic amines) is 1. The number of amides is 2. The molecule has 2 fully saturated rings. The fourth-order valence-electron chi connectivity index (χ4n) is 5.25. The number of nitrogens with zero attached hydrogens (tertiary/aromatic N) is 5. The molecule has 10 heteroatoms. The molecule has 2 amide bonds. The van der Waals surface area contributed by atoms with Crippen molar-refractivity contribution in [2.45, 2.75) is 13.3 Å². The third kappa shape index (κ3) is 5.86. The lowest BCUT2D eigenvalue weighted by atomic mass is 9.87. The molecule has 2 aliphatic heterocycles. The van der Waals surface area contributed by atoms with Crippen LogP contribution in [-0.2, 0) is 9.59 Å². The first-order chi connectivity index (χ1) is 18.9. The molecule has 0 spiro atoms. The number of piperazine rings is 1. The lowest BCUT2D eigenvalue weighted by Crippen LogP contribution is -2.51. The van der Waals surface area contributed by atoms with E-state index in [0.717, 1.165) is 24.3 Å². The number of hydrogen-bond acceptors (Lipinski definition) is 8. The van der Waals surface area contributed by atoms with Crippen LogP contribution in [0.3, 0.4) is 0 Å². The summed E-state index contributed by atoms with van der Waals surface area (Å²) in [4.78, 5) is 40.9. The maximum atomic E-state index is 13.1. The van der Waals surface area contributed by atoms with Gasteiger partial charge in [0.25, 0.3) is 0 Å². The van der Waals surface area contributed by atoms with Gasteiger partial charge < -0.3 is 25.3 Å². The second kappa shape index (κ2) is 11.4. The van der Waals surface area contributed by atoms with Crippen molar-refractivity contribution in [2.24, 2.45) is 5.41 Å². The molecule has 0 saturated carbocycles. The van der Waals surface area contributed by atoms with E-state index in [9.17, 15) is 19.8 Å². The molecule has 1 atom stereocenters. The number of aromatic nitrogens is 2. The molecule has 39 heavy (non-hydrogen) atoms. The van der Waals surface area contributed by atoms with Crippen LogP contribution in [0.1, 0.15) is 12.0 Å². The number of carbonyl (C=O) groups is 2. The maximum Gasteiger partial charge on any atom is 0.236 e. The summed E-state index contributed by atoms with van der Waals surface area (Å²) in [6.07, 6.45) is 3.93. The van der Waals surface area contributed by atoms with Crippen LogP contribution in [0.25, 0.3) is 11.4 Å². The highest BCUT2D eigenvalue weighted by atomic mass is 16.3. The molecule has 3 heterocycles. The number of nitrogens with one attached hydrogen (secondary N) is 1. The van der Waals surface area contributed by atoms with Crippen LogP contribution < -0.4 is 10.2 Å². The Hall–Kier alpha value is -4.02. The summed E-state index contributed by atoms with van der Waals surface area (Å²) in [5.74, 6) is 0.616. The van der Waals surface area contributed by atoms with E-state index in [2.05, 4.69) is 32.3 Å². The van der Waals surface area contributed by atoms with E-state index >= 15 is 0 Å². The van der Waals surface area contributed by atoms with Crippen LogP contribution in [0.5, 0.6) is 5.75 Å². The van der Waals surface area contributed by atoms with Crippen molar-refractivity contribution < 1.29 is 19.8 Å². The Morgan fingerprint density at radius 2 is 1.72 bits per heavy atom. The molecule has 10 nitrogen and oxygen atoms in total. The lowest BCUT2D eigenvalue weighted by Gasteiger charge is -2.37. The average Bonchev–Trinajstić information content (AvgIpc) is 3.40. The van der Waals surface area contributed by atoms with Crippen LogP contribution in [-0.4, -0.2) is 94.2 Å². The van der Waals surface area contributed by atoms with Gasteiger partial charge in [0.15, 0.2) is 5.82 Å². The summed E-state index contributed by atoms with van der Waals surface area (Å²) >= 11 is 0. The first-order valence-electron chi connectivity index (χ1n) is 13.2. The molecule has 5 rings (SSSR count). The number of phenols is 1. The largest absolute Gasteiger partial charge is 0.508 e. The molecule has 0 aliphatic carbocycles. The van der Waals surface area contributed by atoms with Gasteiger partial charge in [0.1, 0.15) is 5.75 Å². The molecular weight excluding hydrogens is 496 g/mol. The zero-order valence-corrected chi connectivity index (χ0v) is 22.1.